The molecule has 31 heavy (non-hydrogen) atoms. The summed E-state index contributed by atoms with van der Waals surface area (Å²) in [7, 11) is 0. The minimum absolute atomic E-state index is 0.00851. The van der Waals surface area contributed by atoms with Gasteiger partial charge < -0.3 is 14.0 Å². The fourth-order valence-corrected chi connectivity index (χ4v) is 5.08. The smallest absolute Gasteiger partial charge is 0.308 e. The maximum absolute atomic E-state index is 12.4. The van der Waals surface area contributed by atoms with Crippen LogP contribution in [0.4, 0.5) is 0 Å². The summed E-state index contributed by atoms with van der Waals surface area (Å²) < 4.78 is 18.2. The maximum Gasteiger partial charge on any atom is 0.308 e. The Morgan fingerprint density at radius 1 is 1.32 bits per heavy atom. The number of hydrogen-bond acceptors (Lipinski definition) is 8. The van der Waals surface area contributed by atoms with E-state index in [1.807, 2.05) is 25.1 Å². The molecule has 2 unspecified atom stereocenters. The number of thioether (sulfide) groups is 1. The average molecular weight is 439 g/mol. The van der Waals surface area contributed by atoms with Gasteiger partial charge in [-0.05, 0) is 25.5 Å². The summed E-state index contributed by atoms with van der Waals surface area (Å²) >= 11 is 1.48. The van der Waals surface area contributed by atoms with Crippen molar-refractivity contribution in [3.63, 3.8) is 0 Å². The summed E-state index contributed by atoms with van der Waals surface area (Å²) in [5, 5.41) is 4.65. The average Bonchev–Trinajstić information content (AvgIpc) is 3.43. The van der Waals surface area contributed by atoms with Crippen LogP contribution in [0.25, 0.3) is 11.3 Å². The van der Waals surface area contributed by atoms with Crippen LogP contribution in [-0.4, -0.2) is 32.5 Å². The number of esters is 1. The molecule has 2 aliphatic heterocycles. The molecule has 0 spiro atoms. The molecule has 0 radical (unpaired) electrons. The van der Waals surface area contributed by atoms with E-state index in [1.165, 1.54) is 23.4 Å². The number of nitrogens with zero attached hydrogens (tertiary/aromatic N) is 3. The lowest BCUT2D eigenvalue weighted by atomic mass is 10.1. The topological polar surface area (TPSA) is 96.5 Å². The molecule has 0 saturated heterocycles. The summed E-state index contributed by atoms with van der Waals surface area (Å²) in [6.45, 7) is 3.83. The van der Waals surface area contributed by atoms with Gasteiger partial charge in [0.2, 0.25) is 0 Å². The Bertz CT molecular complexity index is 1220. The molecule has 1 aromatic carbocycles. The molecule has 0 fully saturated rings. The van der Waals surface area contributed by atoms with Gasteiger partial charge in [0, 0.05) is 35.6 Å². The van der Waals surface area contributed by atoms with E-state index in [4.69, 9.17) is 14.0 Å². The lowest BCUT2D eigenvalue weighted by Crippen LogP contribution is -2.26. The van der Waals surface area contributed by atoms with Gasteiger partial charge in [0.1, 0.15) is 24.2 Å². The highest BCUT2D eigenvalue weighted by molar-refractivity contribution is 7.99. The van der Waals surface area contributed by atoms with E-state index in [-0.39, 0.29) is 30.7 Å². The number of hydrogen-bond donors (Lipinski definition) is 0. The number of rotatable bonds is 5. The van der Waals surface area contributed by atoms with Crippen LogP contribution in [-0.2, 0) is 22.6 Å². The van der Waals surface area contributed by atoms with Crippen LogP contribution >= 0.6 is 11.8 Å². The fraction of sp³-hybridized carbons (Fsp3) is 0.364. The van der Waals surface area contributed by atoms with Crippen molar-refractivity contribution in [2.24, 2.45) is 0 Å². The Labute approximate surface area is 182 Å². The molecule has 9 heteroatoms. The second-order valence-corrected chi connectivity index (χ2v) is 8.84. The Morgan fingerprint density at radius 3 is 3.06 bits per heavy atom. The van der Waals surface area contributed by atoms with Crippen molar-refractivity contribution in [1.29, 1.82) is 0 Å². The molecule has 2 aromatic heterocycles. The minimum atomic E-state index is -0.393. The van der Waals surface area contributed by atoms with E-state index in [1.54, 1.807) is 17.6 Å². The molecule has 3 aromatic rings. The largest absolute Gasteiger partial charge is 0.490 e. The molecule has 0 N–H and O–H groups in total. The number of carbonyl (C=O) groups is 1. The van der Waals surface area contributed by atoms with Crippen molar-refractivity contribution < 1.29 is 18.8 Å². The summed E-state index contributed by atoms with van der Waals surface area (Å²) in [6, 6.07) is 8.93. The van der Waals surface area contributed by atoms with Crippen LogP contribution in [0.3, 0.4) is 0 Å². The summed E-state index contributed by atoms with van der Waals surface area (Å²) in [4.78, 5) is 29.0. The first-order valence-corrected chi connectivity index (χ1v) is 11.1. The van der Waals surface area contributed by atoms with E-state index < -0.39 is 5.97 Å². The second kappa shape index (κ2) is 7.88. The zero-order chi connectivity index (χ0) is 21.5. The molecule has 8 nitrogen and oxygen atoms in total. The third-order valence-corrected chi connectivity index (χ3v) is 6.44. The first-order chi connectivity index (χ1) is 15.0. The van der Waals surface area contributed by atoms with Crippen molar-refractivity contribution in [3.05, 3.63) is 57.6 Å². The van der Waals surface area contributed by atoms with Gasteiger partial charge in [-0.3, -0.25) is 14.2 Å². The minimum Gasteiger partial charge on any atom is -0.490 e. The van der Waals surface area contributed by atoms with Crippen molar-refractivity contribution >= 4 is 17.7 Å². The molecular formula is C22H21N3O5S. The number of ether oxygens (including phenoxy) is 2. The highest BCUT2D eigenvalue weighted by Crippen LogP contribution is 2.34. The standard InChI is InChI=1S/C22H21N3O5S/c1-12-5-20(26)25-17(11-31-22(25)23-12)9-21(27)28-10-16-8-19(30-24-16)15-4-3-14-6-13(2)29-18(14)7-15/h3-5,7-8,13,17H,6,9-11H2,1-2H3. The monoisotopic (exact) mass is 439 g/mol. The molecule has 0 amide bonds. The van der Waals surface area contributed by atoms with E-state index in [2.05, 4.69) is 10.1 Å². The second-order valence-electron chi connectivity index (χ2n) is 7.86. The molecule has 160 valence electrons. The van der Waals surface area contributed by atoms with Gasteiger partial charge in [0.25, 0.3) is 5.56 Å². The molecular weight excluding hydrogens is 418 g/mol. The third kappa shape index (κ3) is 3.97. The Balaban J connectivity index is 1.21. The van der Waals surface area contributed by atoms with Crippen LogP contribution in [0.2, 0.25) is 0 Å². The maximum atomic E-state index is 12.4. The highest BCUT2D eigenvalue weighted by Gasteiger charge is 2.28. The molecule has 0 aliphatic carbocycles. The van der Waals surface area contributed by atoms with Gasteiger partial charge in [0.15, 0.2) is 10.9 Å². The summed E-state index contributed by atoms with van der Waals surface area (Å²) in [5.41, 5.74) is 3.10. The van der Waals surface area contributed by atoms with E-state index in [0.717, 1.165) is 17.7 Å². The van der Waals surface area contributed by atoms with Gasteiger partial charge in [-0.1, -0.05) is 29.1 Å². The number of aryl methyl sites for hydroxylation is 1. The number of carbonyl (C=O) groups excluding carboxylic acids is 1. The van der Waals surface area contributed by atoms with Crippen molar-refractivity contribution in [1.82, 2.24) is 14.7 Å². The van der Waals surface area contributed by atoms with E-state index in [0.29, 0.717) is 28.1 Å². The van der Waals surface area contributed by atoms with Gasteiger partial charge >= 0.3 is 5.97 Å². The Hall–Kier alpha value is -3.07. The van der Waals surface area contributed by atoms with Crippen molar-refractivity contribution in [3.8, 4) is 17.1 Å². The zero-order valence-electron chi connectivity index (χ0n) is 17.2. The van der Waals surface area contributed by atoms with Crippen LogP contribution in [0, 0.1) is 6.92 Å². The van der Waals surface area contributed by atoms with Crippen molar-refractivity contribution in [2.75, 3.05) is 5.75 Å². The predicted molar refractivity (Wildman–Crippen MR) is 113 cm³/mol. The molecule has 0 saturated carbocycles. The Kier molecular flexibility index (Phi) is 5.05. The summed E-state index contributed by atoms with van der Waals surface area (Å²) in [6.07, 6.45) is 1.19. The van der Waals surface area contributed by atoms with Crippen LogP contribution in [0.15, 0.2) is 44.8 Å². The first kappa shape index (κ1) is 19.9. The SMILES string of the molecule is Cc1cc(=O)n2c(n1)SCC2CC(=O)OCc1cc(-c2ccc3c(c2)OC(C)C3)on1. The fourth-order valence-electron chi connectivity index (χ4n) is 3.89. The molecule has 2 aliphatic rings. The van der Waals surface area contributed by atoms with Gasteiger partial charge in [-0.2, -0.15) is 0 Å². The molecule has 0 bridgehead atoms. The highest BCUT2D eigenvalue weighted by atomic mass is 32.2. The predicted octanol–water partition coefficient (Wildman–Crippen LogP) is 3.31. The number of aromatic nitrogens is 3. The van der Waals surface area contributed by atoms with E-state index >= 15 is 0 Å². The zero-order valence-corrected chi connectivity index (χ0v) is 18.0. The molecule has 4 heterocycles. The third-order valence-electron chi connectivity index (χ3n) is 5.35. The van der Waals surface area contributed by atoms with Gasteiger partial charge in [-0.25, -0.2) is 4.98 Å². The molecule has 5 rings (SSSR count). The van der Waals surface area contributed by atoms with Gasteiger partial charge in [0.05, 0.1) is 12.5 Å². The van der Waals surface area contributed by atoms with Crippen LogP contribution < -0.4 is 10.3 Å². The molecule has 2 atom stereocenters. The number of benzene rings is 1. The lowest BCUT2D eigenvalue weighted by molar-refractivity contribution is -0.145. The lowest BCUT2D eigenvalue weighted by Gasteiger charge is -2.12. The van der Waals surface area contributed by atoms with Crippen LogP contribution in [0.5, 0.6) is 5.75 Å². The Morgan fingerprint density at radius 2 is 2.19 bits per heavy atom. The van der Waals surface area contributed by atoms with Gasteiger partial charge in [-0.15, -0.1) is 0 Å². The summed E-state index contributed by atoms with van der Waals surface area (Å²) in [5.74, 6) is 1.68. The van der Waals surface area contributed by atoms with Crippen molar-refractivity contribution in [2.45, 2.75) is 50.6 Å². The number of fused-ring (bicyclic) bond motifs is 2. The van der Waals surface area contributed by atoms with Crippen LogP contribution in [0.1, 0.15) is 36.3 Å². The normalized spacial score (nSPS) is 19.0. The van der Waals surface area contributed by atoms with E-state index in [9.17, 15) is 9.59 Å². The first-order valence-electron chi connectivity index (χ1n) is 10.1. The quantitative estimate of drug-likeness (QED) is 0.441.